The van der Waals surface area contributed by atoms with E-state index in [1.807, 2.05) is 26.0 Å². The molecule has 1 aromatic heterocycles. The van der Waals surface area contributed by atoms with Gasteiger partial charge in [0.15, 0.2) is 0 Å². The van der Waals surface area contributed by atoms with Crippen LogP contribution >= 0.6 is 22.9 Å². The first-order chi connectivity index (χ1) is 16.2. The summed E-state index contributed by atoms with van der Waals surface area (Å²) in [7, 11) is 3.15. The summed E-state index contributed by atoms with van der Waals surface area (Å²) in [5.74, 6) is 2.85. The lowest BCUT2D eigenvalue weighted by Crippen LogP contribution is -2.41. The van der Waals surface area contributed by atoms with Crippen molar-refractivity contribution in [3.05, 3.63) is 67.7 Å². The average molecular weight is 501 g/mol. The number of methoxy groups -OCH3 is 2. The van der Waals surface area contributed by atoms with Crippen molar-refractivity contribution in [3.63, 3.8) is 0 Å². The predicted octanol–water partition coefficient (Wildman–Crippen LogP) is 6.75. The zero-order valence-corrected chi connectivity index (χ0v) is 21.7. The van der Waals surface area contributed by atoms with Crippen molar-refractivity contribution in [2.75, 3.05) is 14.2 Å². The van der Waals surface area contributed by atoms with Crippen molar-refractivity contribution in [3.8, 4) is 29.4 Å². The van der Waals surface area contributed by atoms with Crippen LogP contribution < -0.4 is 10.5 Å². The largest absolute Gasteiger partial charge is 0.496 e. The lowest BCUT2D eigenvalue weighted by Gasteiger charge is -2.32. The molecular weight excluding hydrogens is 471 g/mol. The number of nitrogens with zero attached hydrogens (tertiary/aromatic N) is 1. The minimum Gasteiger partial charge on any atom is -0.496 e. The van der Waals surface area contributed by atoms with Gasteiger partial charge in [-0.05, 0) is 49.6 Å². The molecule has 2 N–H and O–H groups in total. The zero-order chi connectivity index (χ0) is 25.0. The Bertz CT molecular complexity index is 1220. The highest BCUT2D eigenvalue weighted by Crippen LogP contribution is 2.43. The van der Waals surface area contributed by atoms with Crippen molar-refractivity contribution in [2.24, 2.45) is 5.73 Å². The minimum atomic E-state index is -1.22. The smallest absolute Gasteiger partial charge is 0.136 e. The second-order valence-electron chi connectivity index (χ2n) is 8.36. The van der Waals surface area contributed by atoms with Crippen LogP contribution in [0.15, 0.2) is 30.3 Å². The Morgan fingerprint density at radius 1 is 1.26 bits per heavy atom. The standard InChI is InChI=1S/C27H30ClFN2O2S/c1-7-9-21(18-10-11-19(15-32-5)23(29)13-18)27(30,8-2)26-31-25(17(4)34-26)20-12-16(3)24(33-6)14-22(20)28/h2,10-14,21H,7,9,15,30H2,1,3-6H3/t21-,27?/m0/s1. The molecule has 3 rings (SSSR count). The van der Waals surface area contributed by atoms with Gasteiger partial charge in [-0.3, -0.25) is 0 Å². The van der Waals surface area contributed by atoms with Gasteiger partial charge >= 0.3 is 0 Å². The van der Waals surface area contributed by atoms with E-state index in [2.05, 4.69) is 12.8 Å². The zero-order valence-electron chi connectivity index (χ0n) is 20.2. The van der Waals surface area contributed by atoms with Crippen molar-refractivity contribution in [2.45, 2.75) is 51.7 Å². The first kappa shape index (κ1) is 26.2. The molecule has 34 heavy (non-hydrogen) atoms. The summed E-state index contributed by atoms with van der Waals surface area (Å²) < 4.78 is 25.2. The molecule has 3 aromatic rings. The lowest BCUT2D eigenvalue weighted by molar-refractivity contribution is 0.181. The highest BCUT2D eigenvalue weighted by atomic mass is 35.5. The highest BCUT2D eigenvalue weighted by Gasteiger charge is 2.39. The predicted molar refractivity (Wildman–Crippen MR) is 138 cm³/mol. The van der Waals surface area contributed by atoms with E-state index in [0.717, 1.165) is 33.7 Å². The quantitative estimate of drug-likeness (QED) is 0.330. The normalized spacial score (nSPS) is 13.9. The summed E-state index contributed by atoms with van der Waals surface area (Å²) in [5.41, 5.74) is 9.40. The van der Waals surface area contributed by atoms with E-state index >= 15 is 0 Å². The van der Waals surface area contributed by atoms with E-state index in [4.69, 9.17) is 38.2 Å². The maximum Gasteiger partial charge on any atom is 0.136 e. The summed E-state index contributed by atoms with van der Waals surface area (Å²) in [5, 5.41) is 1.14. The number of rotatable bonds is 9. The van der Waals surface area contributed by atoms with E-state index in [-0.39, 0.29) is 18.3 Å². The van der Waals surface area contributed by atoms with Crippen molar-refractivity contribution >= 4 is 22.9 Å². The number of thiazole rings is 1. The number of nitrogens with two attached hydrogens (primary N) is 1. The molecule has 1 unspecified atom stereocenters. The first-order valence-corrected chi connectivity index (χ1v) is 12.3. The number of halogens is 2. The van der Waals surface area contributed by atoms with E-state index in [1.165, 1.54) is 24.5 Å². The Labute approximate surface area is 210 Å². The van der Waals surface area contributed by atoms with Crippen molar-refractivity contribution in [1.29, 1.82) is 0 Å². The fraction of sp³-hybridized carbons (Fsp3) is 0.370. The Morgan fingerprint density at radius 2 is 2.00 bits per heavy atom. The molecule has 0 aliphatic rings. The third kappa shape index (κ3) is 4.99. The number of ether oxygens (including phenoxy) is 2. The van der Waals surface area contributed by atoms with Crippen LogP contribution in [-0.2, 0) is 16.9 Å². The molecule has 0 aliphatic carbocycles. The van der Waals surface area contributed by atoms with Gasteiger partial charge in [-0.1, -0.05) is 43.0 Å². The molecule has 0 fully saturated rings. The first-order valence-electron chi connectivity index (χ1n) is 11.1. The molecule has 2 atom stereocenters. The molecule has 7 heteroatoms. The topological polar surface area (TPSA) is 57.4 Å². The molecule has 0 aliphatic heterocycles. The number of hydrogen-bond donors (Lipinski definition) is 1. The van der Waals surface area contributed by atoms with Gasteiger partial charge in [-0.15, -0.1) is 17.8 Å². The van der Waals surface area contributed by atoms with E-state index in [0.29, 0.717) is 27.8 Å². The third-order valence-electron chi connectivity index (χ3n) is 6.04. The van der Waals surface area contributed by atoms with E-state index in [9.17, 15) is 4.39 Å². The molecule has 0 radical (unpaired) electrons. The summed E-state index contributed by atoms with van der Waals surface area (Å²) in [6.45, 7) is 6.18. The summed E-state index contributed by atoms with van der Waals surface area (Å²) >= 11 is 8.02. The molecule has 0 saturated carbocycles. The van der Waals surface area contributed by atoms with Gasteiger partial charge in [0.2, 0.25) is 0 Å². The lowest BCUT2D eigenvalue weighted by atomic mass is 9.77. The fourth-order valence-corrected chi connectivity index (χ4v) is 5.49. The Morgan fingerprint density at radius 3 is 2.59 bits per heavy atom. The molecule has 4 nitrogen and oxygen atoms in total. The minimum absolute atomic E-state index is 0.199. The van der Waals surface area contributed by atoms with Crippen LogP contribution in [0.1, 0.15) is 52.3 Å². The molecule has 0 amide bonds. The second-order valence-corrected chi connectivity index (χ2v) is 9.97. The molecule has 2 aromatic carbocycles. The molecule has 0 bridgehead atoms. The van der Waals surface area contributed by atoms with Crippen LogP contribution in [-0.4, -0.2) is 19.2 Å². The van der Waals surface area contributed by atoms with Crippen molar-refractivity contribution < 1.29 is 13.9 Å². The van der Waals surface area contributed by atoms with Crippen molar-refractivity contribution in [1.82, 2.24) is 4.98 Å². The molecule has 0 spiro atoms. The van der Waals surface area contributed by atoms with Gasteiger partial charge in [0.1, 0.15) is 22.1 Å². The third-order valence-corrected chi connectivity index (χ3v) is 7.47. The van der Waals surface area contributed by atoms with Crippen LogP contribution in [0.4, 0.5) is 4.39 Å². The number of benzene rings is 2. The Hall–Kier alpha value is -2.43. The number of aromatic nitrogens is 1. The Kier molecular flexibility index (Phi) is 8.38. The number of terminal acetylenes is 1. The molecule has 1 heterocycles. The maximum absolute atomic E-state index is 14.8. The molecular formula is C27H30ClFN2O2S. The molecule has 180 valence electrons. The van der Waals surface area contributed by atoms with Gasteiger partial charge in [0, 0.05) is 29.0 Å². The monoisotopic (exact) mass is 500 g/mol. The highest BCUT2D eigenvalue weighted by molar-refractivity contribution is 7.12. The van der Waals surface area contributed by atoms with Crippen LogP contribution in [0.5, 0.6) is 5.75 Å². The van der Waals surface area contributed by atoms with E-state index < -0.39 is 5.54 Å². The fourth-order valence-electron chi connectivity index (χ4n) is 4.20. The number of hydrogen-bond acceptors (Lipinski definition) is 5. The summed E-state index contributed by atoms with van der Waals surface area (Å²) in [6, 6.07) is 8.85. The van der Waals surface area contributed by atoms with Gasteiger partial charge in [0.05, 0.1) is 24.4 Å². The van der Waals surface area contributed by atoms with Crippen LogP contribution in [0, 0.1) is 32.0 Å². The molecule has 0 saturated heterocycles. The second kappa shape index (κ2) is 10.9. The maximum atomic E-state index is 14.8. The summed E-state index contributed by atoms with van der Waals surface area (Å²) in [4.78, 5) is 5.84. The summed E-state index contributed by atoms with van der Waals surface area (Å²) in [6.07, 6.45) is 7.56. The van der Waals surface area contributed by atoms with Gasteiger partial charge in [-0.2, -0.15) is 0 Å². The van der Waals surface area contributed by atoms with Gasteiger partial charge < -0.3 is 15.2 Å². The van der Waals surface area contributed by atoms with Gasteiger partial charge in [0.25, 0.3) is 0 Å². The average Bonchev–Trinajstić information content (AvgIpc) is 3.21. The van der Waals surface area contributed by atoms with Gasteiger partial charge in [-0.25, -0.2) is 9.37 Å². The van der Waals surface area contributed by atoms with Crippen LogP contribution in [0.2, 0.25) is 5.02 Å². The van der Waals surface area contributed by atoms with Crippen LogP contribution in [0.3, 0.4) is 0 Å². The van der Waals surface area contributed by atoms with E-state index in [1.54, 1.807) is 19.2 Å². The SMILES string of the molecule is C#CC(N)(c1nc(-c2cc(C)c(OC)cc2Cl)c(C)s1)[C@@H](CCC)c1ccc(COC)c(F)c1. The Balaban J connectivity index is 2.10. The van der Waals surface area contributed by atoms with Crippen LogP contribution in [0.25, 0.3) is 11.3 Å². The number of aryl methyl sites for hydroxylation is 2.